The zero-order valence-corrected chi connectivity index (χ0v) is 24.9. The fourth-order valence-electron chi connectivity index (χ4n) is 5.06. The maximum atomic E-state index is 5.67. The van der Waals surface area contributed by atoms with Crippen molar-refractivity contribution < 1.29 is 0 Å². The molecule has 0 aliphatic heterocycles. The number of aromatic nitrogens is 2. The highest BCUT2D eigenvalue weighted by Crippen LogP contribution is 2.34. The largest absolute Gasteiger partial charge is 0.327 e. The molecule has 1 aromatic heterocycles. The van der Waals surface area contributed by atoms with E-state index in [1.165, 1.54) is 22.7 Å². The van der Waals surface area contributed by atoms with E-state index in [1.54, 1.807) is 5.98 Å². The average Bonchev–Trinajstić information content (AvgIpc) is 3.58. The van der Waals surface area contributed by atoms with Crippen LogP contribution in [0.2, 0.25) is 6.04 Å². The zero-order chi connectivity index (χ0) is 28.0. The summed E-state index contributed by atoms with van der Waals surface area (Å²) < 4.78 is 2.32. The van der Waals surface area contributed by atoms with Gasteiger partial charge in [0.25, 0.3) is 0 Å². The molecule has 0 saturated heterocycles. The molecule has 0 aliphatic rings. The second-order valence-electron chi connectivity index (χ2n) is 9.82. The smallest absolute Gasteiger partial charge is 0.103 e. The Balaban J connectivity index is 0.000000210. The summed E-state index contributed by atoms with van der Waals surface area (Å²) >= 11 is 0. The van der Waals surface area contributed by atoms with Crippen LogP contribution in [0.15, 0.2) is 158 Å². The minimum atomic E-state index is -0.553. The molecule has 2 nitrogen and oxygen atoms in total. The average molecular weight is 537 g/mol. The van der Waals surface area contributed by atoms with Crippen molar-refractivity contribution in [2.45, 2.75) is 31.5 Å². The number of allylic oxidation sites excluding steroid dienone is 2. The molecule has 40 heavy (non-hydrogen) atoms. The molecular weight excluding hydrogens is 499 g/mol. The predicted octanol–water partition coefficient (Wildman–Crippen LogP) is 7.82. The van der Waals surface area contributed by atoms with Crippen molar-refractivity contribution in [3.8, 4) is 0 Å². The van der Waals surface area contributed by atoms with Crippen LogP contribution in [0.5, 0.6) is 0 Å². The van der Waals surface area contributed by atoms with E-state index in [9.17, 15) is 0 Å². The van der Waals surface area contributed by atoms with Crippen LogP contribution < -0.4 is 0 Å². The van der Waals surface area contributed by atoms with Gasteiger partial charge in [0.2, 0.25) is 0 Å². The molecule has 4 aromatic carbocycles. The molecule has 0 bridgehead atoms. The molecule has 0 amide bonds. The number of hydrogen-bond donors (Lipinski definition) is 0. The molecule has 5 rings (SSSR count). The molecule has 198 valence electrons. The summed E-state index contributed by atoms with van der Waals surface area (Å²) in [4.78, 5) is 4.37. The van der Waals surface area contributed by atoms with Gasteiger partial charge in [0.15, 0.2) is 0 Å². The SMILES string of the molecule is CCC(C)=CC[SiH2]C(c1ccccc1)(c1ccccc1)n1ccnc1.[B]C=C(c1ccccc1)c1ccccc1. The molecule has 0 fully saturated rings. The summed E-state index contributed by atoms with van der Waals surface area (Å²) in [5.74, 6) is 1.66. The van der Waals surface area contributed by atoms with Crippen LogP contribution in [0, 0.1) is 0 Å². The van der Waals surface area contributed by atoms with Gasteiger partial charge < -0.3 is 4.57 Å². The lowest BCUT2D eigenvalue weighted by Gasteiger charge is -2.36. The van der Waals surface area contributed by atoms with E-state index in [2.05, 4.69) is 121 Å². The number of imidazole rings is 1. The van der Waals surface area contributed by atoms with E-state index < -0.39 is 9.52 Å². The van der Waals surface area contributed by atoms with Gasteiger partial charge in [-0.15, -0.1) is 5.98 Å². The quantitative estimate of drug-likeness (QED) is 0.139. The summed E-state index contributed by atoms with van der Waals surface area (Å²) in [6.45, 7) is 4.46. The Morgan fingerprint density at radius 1 is 0.775 bits per heavy atom. The number of rotatable bonds is 9. The maximum absolute atomic E-state index is 5.67. The lowest BCUT2D eigenvalue weighted by Crippen LogP contribution is -2.41. The van der Waals surface area contributed by atoms with Gasteiger partial charge in [-0.2, -0.15) is 0 Å². The first-order valence-electron chi connectivity index (χ1n) is 14.0. The Labute approximate surface area is 243 Å². The molecule has 4 heteroatoms. The van der Waals surface area contributed by atoms with E-state index in [0.717, 1.165) is 23.1 Å². The van der Waals surface area contributed by atoms with Crippen LogP contribution in [0.3, 0.4) is 0 Å². The first-order valence-corrected chi connectivity index (χ1v) is 15.7. The molecule has 1 heterocycles. The van der Waals surface area contributed by atoms with Gasteiger partial charge in [0, 0.05) is 12.4 Å². The lowest BCUT2D eigenvalue weighted by atomic mass is 9.92. The second kappa shape index (κ2) is 14.9. The summed E-state index contributed by atoms with van der Waals surface area (Å²) in [5, 5.41) is -0.108. The molecule has 0 N–H and O–H groups in total. The van der Waals surface area contributed by atoms with Crippen molar-refractivity contribution in [2.24, 2.45) is 0 Å². The van der Waals surface area contributed by atoms with Crippen LogP contribution in [-0.2, 0) is 5.16 Å². The monoisotopic (exact) mass is 536 g/mol. The lowest BCUT2D eigenvalue weighted by molar-refractivity contribution is 0.592. The molecule has 0 saturated carbocycles. The van der Waals surface area contributed by atoms with Crippen molar-refractivity contribution in [2.75, 3.05) is 0 Å². The van der Waals surface area contributed by atoms with Crippen molar-refractivity contribution in [1.82, 2.24) is 9.55 Å². The van der Waals surface area contributed by atoms with E-state index in [1.807, 2.05) is 48.9 Å². The fourth-order valence-corrected chi connectivity index (χ4v) is 7.61. The highest BCUT2D eigenvalue weighted by atomic mass is 28.2. The third kappa shape index (κ3) is 7.08. The Hall–Kier alpha value is -4.15. The van der Waals surface area contributed by atoms with Crippen molar-refractivity contribution in [3.63, 3.8) is 0 Å². The van der Waals surface area contributed by atoms with Gasteiger partial charge in [-0.1, -0.05) is 140 Å². The van der Waals surface area contributed by atoms with Crippen LogP contribution >= 0.6 is 0 Å². The fraction of sp³-hybridized carbons (Fsp3) is 0.139. The van der Waals surface area contributed by atoms with Gasteiger partial charge in [0.1, 0.15) is 7.85 Å². The Kier molecular flexibility index (Phi) is 10.7. The molecule has 0 aliphatic carbocycles. The molecule has 2 radical (unpaired) electrons. The normalized spacial score (nSPS) is 11.6. The molecule has 0 unspecified atom stereocenters. The molecule has 0 atom stereocenters. The minimum Gasteiger partial charge on any atom is -0.327 e. The summed E-state index contributed by atoms with van der Waals surface area (Å²) in [5.41, 5.74) is 7.54. The summed E-state index contributed by atoms with van der Waals surface area (Å²) in [7, 11) is 5.12. The maximum Gasteiger partial charge on any atom is 0.103 e. The van der Waals surface area contributed by atoms with Gasteiger partial charge in [-0.05, 0) is 47.2 Å². The summed E-state index contributed by atoms with van der Waals surface area (Å²) in [6, 6.07) is 43.3. The number of nitrogens with zero attached hydrogens (tertiary/aromatic N) is 2. The van der Waals surface area contributed by atoms with E-state index >= 15 is 0 Å². The Morgan fingerprint density at radius 2 is 1.25 bits per heavy atom. The summed E-state index contributed by atoms with van der Waals surface area (Å²) in [6.07, 6.45) is 9.54. The van der Waals surface area contributed by atoms with Crippen LogP contribution in [0.1, 0.15) is 42.5 Å². The highest BCUT2D eigenvalue weighted by Gasteiger charge is 2.35. The molecule has 5 aromatic rings. The van der Waals surface area contributed by atoms with Gasteiger partial charge >= 0.3 is 0 Å². The van der Waals surface area contributed by atoms with Crippen molar-refractivity contribution in [3.05, 3.63) is 180 Å². The van der Waals surface area contributed by atoms with Gasteiger partial charge in [0.05, 0.1) is 21.0 Å². The first kappa shape index (κ1) is 28.8. The third-order valence-corrected chi connectivity index (χ3v) is 9.82. The molecular formula is C36H37BN2Si. The van der Waals surface area contributed by atoms with Gasteiger partial charge in [-0.3, -0.25) is 0 Å². The van der Waals surface area contributed by atoms with Crippen molar-refractivity contribution in [1.29, 1.82) is 0 Å². The Bertz CT molecular complexity index is 1380. The van der Waals surface area contributed by atoms with Gasteiger partial charge in [-0.25, -0.2) is 4.98 Å². The predicted molar refractivity (Wildman–Crippen MR) is 174 cm³/mol. The number of hydrogen-bond acceptors (Lipinski definition) is 1. The third-order valence-electron chi connectivity index (χ3n) is 7.34. The highest BCUT2D eigenvalue weighted by molar-refractivity contribution is 6.42. The zero-order valence-electron chi connectivity index (χ0n) is 23.5. The second-order valence-corrected chi connectivity index (χ2v) is 11.9. The van der Waals surface area contributed by atoms with Crippen LogP contribution in [0.25, 0.3) is 5.57 Å². The van der Waals surface area contributed by atoms with Crippen molar-refractivity contribution >= 4 is 22.9 Å². The van der Waals surface area contributed by atoms with Crippen LogP contribution in [-0.4, -0.2) is 26.9 Å². The Morgan fingerprint density at radius 3 is 1.65 bits per heavy atom. The topological polar surface area (TPSA) is 17.8 Å². The standard InChI is InChI=1S/C22H26N2Si.C14H11B/c1-3-19(2)14-17-25-22(24-16-15-23-18-24,20-10-6-4-7-11-20)21-12-8-5-9-13-21;15-11-14(12-7-3-1-4-8-12)13-9-5-2-6-10-13/h4-16,18H,3,17,25H2,1-2H3;1-11H. The van der Waals surface area contributed by atoms with Crippen LogP contribution in [0.4, 0.5) is 0 Å². The van der Waals surface area contributed by atoms with E-state index in [0.29, 0.717) is 0 Å². The van der Waals surface area contributed by atoms with E-state index in [-0.39, 0.29) is 5.16 Å². The first-order chi connectivity index (χ1) is 19.7. The minimum absolute atomic E-state index is 0.108. The van der Waals surface area contributed by atoms with E-state index in [4.69, 9.17) is 7.85 Å². The number of benzene rings is 4. The molecule has 0 spiro atoms.